The van der Waals surface area contributed by atoms with E-state index in [0.29, 0.717) is 0 Å². The minimum absolute atomic E-state index is 0.389. The molecule has 0 radical (unpaired) electrons. The lowest BCUT2D eigenvalue weighted by atomic mass is 10.1. The third kappa shape index (κ3) is 4.52. The predicted octanol–water partition coefficient (Wildman–Crippen LogP) is -1.08. The van der Waals surface area contributed by atoms with Crippen molar-refractivity contribution in [3.63, 3.8) is 0 Å². The highest BCUT2D eigenvalue weighted by molar-refractivity contribution is 5.80. The summed E-state index contributed by atoms with van der Waals surface area (Å²) in [6.45, 7) is -0.389. The van der Waals surface area contributed by atoms with Gasteiger partial charge in [0.05, 0.1) is 6.21 Å². The molecule has 1 aromatic carbocycles. The van der Waals surface area contributed by atoms with Crippen LogP contribution in [0.2, 0.25) is 0 Å². The number of nitrogens with zero attached hydrogens (tertiary/aromatic N) is 2. The van der Waals surface area contributed by atoms with Crippen LogP contribution >= 0.6 is 0 Å². The van der Waals surface area contributed by atoms with Crippen molar-refractivity contribution in [2.45, 2.75) is 24.5 Å². The van der Waals surface area contributed by atoms with E-state index < -0.39 is 41.9 Å². The van der Waals surface area contributed by atoms with Crippen LogP contribution in [0.25, 0.3) is 0 Å². The minimum Gasteiger partial charge on any atom is -0.445 e. The third-order valence-electron chi connectivity index (χ3n) is 4.01. The van der Waals surface area contributed by atoms with Crippen LogP contribution in [0.15, 0.2) is 57.3 Å². The van der Waals surface area contributed by atoms with Gasteiger partial charge in [-0.2, -0.15) is 5.10 Å². The molecular formula is C17H18N4O7. The first-order valence-electron chi connectivity index (χ1n) is 8.29. The number of H-pyrrole nitrogens is 1. The quantitative estimate of drug-likeness (QED) is 0.374. The van der Waals surface area contributed by atoms with Crippen molar-refractivity contribution in [2.24, 2.45) is 5.10 Å². The van der Waals surface area contributed by atoms with E-state index in [4.69, 9.17) is 9.47 Å². The lowest BCUT2D eigenvalue weighted by Crippen LogP contribution is -2.38. The van der Waals surface area contributed by atoms with Crippen LogP contribution in [0.5, 0.6) is 0 Å². The first-order valence-corrected chi connectivity index (χ1v) is 8.29. The van der Waals surface area contributed by atoms with Gasteiger partial charge in [-0.25, -0.2) is 15.0 Å². The van der Waals surface area contributed by atoms with E-state index in [1.54, 1.807) is 12.1 Å². The SMILES string of the molecule is O=C(N/N=C/c1ccccc1)OC[C@H]1O[C@@H](n2ccc(=O)[nH]c2=O)[C@H](O)[C@@H]1O. The number of aromatic amines is 1. The first-order chi connectivity index (χ1) is 13.5. The number of benzene rings is 1. The fourth-order valence-electron chi connectivity index (χ4n) is 2.61. The van der Waals surface area contributed by atoms with E-state index in [2.05, 4.69) is 10.5 Å². The second-order valence-corrected chi connectivity index (χ2v) is 5.94. The highest BCUT2D eigenvalue weighted by atomic mass is 16.6. The van der Waals surface area contributed by atoms with Gasteiger partial charge >= 0.3 is 11.8 Å². The molecule has 148 valence electrons. The molecule has 28 heavy (non-hydrogen) atoms. The number of hydrazone groups is 1. The molecule has 11 heteroatoms. The van der Waals surface area contributed by atoms with Crippen molar-refractivity contribution in [1.29, 1.82) is 0 Å². The van der Waals surface area contributed by atoms with Crippen LogP contribution in [0.4, 0.5) is 4.79 Å². The predicted molar refractivity (Wildman–Crippen MR) is 95.8 cm³/mol. The molecular weight excluding hydrogens is 372 g/mol. The van der Waals surface area contributed by atoms with Crippen molar-refractivity contribution < 1.29 is 24.5 Å². The van der Waals surface area contributed by atoms with Gasteiger partial charge in [0.25, 0.3) is 5.56 Å². The fourth-order valence-corrected chi connectivity index (χ4v) is 2.61. The Labute approximate surface area is 157 Å². The molecule has 2 aromatic rings. The van der Waals surface area contributed by atoms with E-state index in [1.807, 2.05) is 23.2 Å². The minimum atomic E-state index is -1.46. The number of carbonyl (C=O) groups is 1. The average Bonchev–Trinajstić information content (AvgIpc) is 2.96. The number of aliphatic hydroxyl groups is 2. The Hall–Kier alpha value is -3.28. The molecule has 0 spiro atoms. The molecule has 3 rings (SSSR count). The zero-order valence-electron chi connectivity index (χ0n) is 14.5. The van der Waals surface area contributed by atoms with Gasteiger partial charge in [0, 0.05) is 12.3 Å². The largest absolute Gasteiger partial charge is 0.445 e. The van der Waals surface area contributed by atoms with Crippen molar-refractivity contribution in [3.05, 3.63) is 69.0 Å². The highest BCUT2D eigenvalue weighted by Crippen LogP contribution is 2.28. The number of carbonyl (C=O) groups excluding carboxylic acids is 1. The summed E-state index contributed by atoms with van der Waals surface area (Å²) in [5.41, 5.74) is 1.51. The number of nitrogens with one attached hydrogen (secondary N) is 2. The maximum absolute atomic E-state index is 11.8. The van der Waals surface area contributed by atoms with Crippen LogP contribution in [0, 0.1) is 0 Å². The monoisotopic (exact) mass is 390 g/mol. The first kappa shape index (κ1) is 19.5. The molecule has 2 heterocycles. The topological polar surface area (TPSA) is 155 Å². The summed E-state index contributed by atoms with van der Waals surface area (Å²) < 4.78 is 11.3. The summed E-state index contributed by atoms with van der Waals surface area (Å²) in [5.74, 6) is 0. The average molecular weight is 390 g/mol. The fraction of sp³-hybridized carbons (Fsp3) is 0.294. The van der Waals surface area contributed by atoms with Crippen LogP contribution in [0.3, 0.4) is 0 Å². The molecule has 1 aromatic heterocycles. The molecule has 11 nitrogen and oxygen atoms in total. The van der Waals surface area contributed by atoms with Gasteiger partial charge in [-0.1, -0.05) is 30.3 Å². The molecule has 1 saturated heterocycles. The molecule has 1 fully saturated rings. The van der Waals surface area contributed by atoms with Crippen molar-refractivity contribution >= 4 is 12.3 Å². The lowest BCUT2D eigenvalue weighted by Gasteiger charge is -2.16. The van der Waals surface area contributed by atoms with Gasteiger partial charge in [-0.15, -0.1) is 0 Å². The van der Waals surface area contributed by atoms with Crippen LogP contribution < -0.4 is 16.7 Å². The second-order valence-electron chi connectivity index (χ2n) is 5.94. The molecule has 1 aliphatic rings. The molecule has 0 saturated carbocycles. The number of ether oxygens (including phenoxy) is 2. The third-order valence-corrected chi connectivity index (χ3v) is 4.01. The summed E-state index contributed by atoms with van der Waals surface area (Å²) in [5, 5.41) is 23.9. The summed E-state index contributed by atoms with van der Waals surface area (Å²) in [4.78, 5) is 36.6. The van der Waals surface area contributed by atoms with Crippen molar-refractivity contribution in [1.82, 2.24) is 15.0 Å². The van der Waals surface area contributed by atoms with E-state index in [1.165, 1.54) is 6.21 Å². The van der Waals surface area contributed by atoms with Gasteiger partial charge in [0.2, 0.25) is 0 Å². The van der Waals surface area contributed by atoms with Crippen LogP contribution in [-0.2, 0) is 9.47 Å². The highest BCUT2D eigenvalue weighted by Gasteiger charge is 2.44. The van der Waals surface area contributed by atoms with Gasteiger partial charge in [0.15, 0.2) is 6.23 Å². The Morgan fingerprint density at radius 1 is 1.25 bits per heavy atom. The summed E-state index contributed by atoms with van der Waals surface area (Å²) in [6.07, 6.45) is -3.53. The molecule has 1 amide bonds. The summed E-state index contributed by atoms with van der Waals surface area (Å²) >= 11 is 0. The number of hydrogen-bond donors (Lipinski definition) is 4. The zero-order chi connectivity index (χ0) is 20.1. The Morgan fingerprint density at radius 3 is 2.71 bits per heavy atom. The molecule has 4 N–H and O–H groups in total. The number of aliphatic hydroxyl groups excluding tert-OH is 2. The number of amides is 1. The molecule has 4 atom stereocenters. The number of aromatic nitrogens is 2. The normalized spacial score (nSPS) is 24.4. The van der Waals surface area contributed by atoms with E-state index >= 15 is 0 Å². The maximum Gasteiger partial charge on any atom is 0.427 e. The number of hydrogen-bond acceptors (Lipinski definition) is 8. The van der Waals surface area contributed by atoms with Gasteiger partial charge in [0.1, 0.15) is 24.9 Å². The van der Waals surface area contributed by atoms with E-state index in [-0.39, 0.29) is 6.61 Å². The number of rotatable bonds is 5. The molecule has 0 unspecified atom stereocenters. The lowest BCUT2D eigenvalue weighted by molar-refractivity contribution is -0.0570. The summed E-state index contributed by atoms with van der Waals surface area (Å²) in [6, 6.07) is 10.1. The molecule has 0 bridgehead atoms. The van der Waals surface area contributed by atoms with Gasteiger partial charge < -0.3 is 19.7 Å². The molecule has 1 aliphatic heterocycles. The second kappa shape index (κ2) is 8.61. The van der Waals surface area contributed by atoms with Crippen molar-refractivity contribution in [3.8, 4) is 0 Å². The Kier molecular flexibility index (Phi) is 5.99. The van der Waals surface area contributed by atoms with E-state index in [9.17, 15) is 24.6 Å². The summed E-state index contributed by atoms with van der Waals surface area (Å²) in [7, 11) is 0. The standard InChI is InChI=1S/C17H18N4O7/c22-12-6-7-21(16(25)19-12)15-14(24)13(23)11(28-15)9-27-17(26)20-18-8-10-4-2-1-3-5-10/h1-8,11,13-15,23-24H,9H2,(H,20,26)(H,19,22,25)/b18-8+/t11-,13-,14-,15-/m1/s1. The molecule has 0 aliphatic carbocycles. The smallest absolute Gasteiger partial charge is 0.427 e. The van der Waals surface area contributed by atoms with Crippen molar-refractivity contribution in [2.75, 3.05) is 6.61 Å². The Bertz CT molecular complexity index is 956. The zero-order valence-corrected chi connectivity index (χ0v) is 14.5. The van der Waals surface area contributed by atoms with Crippen LogP contribution in [0.1, 0.15) is 11.8 Å². The van der Waals surface area contributed by atoms with Crippen LogP contribution in [-0.4, -0.2) is 57.0 Å². The van der Waals surface area contributed by atoms with Gasteiger partial charge in [-0.3, -0.25) is 14.3 Å². The van der Waals surface area contributed by atoms with Gasteiger partial charge in [-0.05, 0) is 5.56 Å². The Morgan fingerprint density at radius 2 is 2.00 bits per heavy atom. The Balaban J connectivity index is 1.54. The maximum atomic E-state index is 11.8. The van der Waals surface area contributed by atoms with E-state index in [0.717, 1.165) is 22.4 Å².